The number of hydrogen-bond donors (Lipinski definition) is 1. The number of thiazole rings is 1. The summed E-state index contributed by atoms with van der Waals surface area (Å²) in [5, 5.41) is 0.734. The Morgan fingerprint density at radius 1 is 1.00 bits per heavy atom. The number of furan rings is 1. The lowest BCUT2D eigenvalue weighted by atomic mass is 10.1. The molecule has 0 unspecified atom stereocenters. The zero-order chi connectivity index (χ0) is 28.6. The van der Waals surface area contributed by atoms with Gasteiger partial charge in [-0.1, -0.05) is 34.1 Å². The smallest absolute Gasteiger partial charge is 0.240 e. The van der Waals surface area contributed by atoms with Gasteiger partial charge in [-0.2, -0.15) is 4.31 Å². The second-order valence-electron chi connectivity index (χ2n) is 11.0. The molecule has 0 saturated carbocycles. The number of rotatable bonds is 17. The summed E-state index contributed by atoms with van der Waals surface area (Å²) in [7, 11) is -7.15. The van der Waals surface area contributed by atoms with Gasteiger partial charge in [0.15, 0.2) is 0 Å². The molecule has 0 aliphatic carbocycles. The summed E-state index contributed by atoms with van der Waals surface area (Å²) in [6, 6.07) is 6.29. The maximum absolute atomic E-state index is 13.4. The standard InChI is InChI=1S/C27H42N4O5S3/c1-21(2)16-30(17-22(3)4)18-24(29-39(34,35)26-9-10-27-23(14-26)11-13-36-27)8-6-7-12-31(38(5,32)33)19-25-15-28-20-37-25/h9-11,13-15,20-22,24,29H,6-8,12,16-19H2,1-5H3/t24-/m0/s1. The number of benzene rings is 1. The molecule has 0 radical (unpaired) electrons. The molecule has 0 bridgehead atoms. The number of nitrogens with one attached hydrogen (secondary N) is 1. The van der Waals surface area contributed by atoms with Crippen LogP contribution in [0.5, 0.6) is 0 Å². The molecule has 12 heteroatoms. The molecule has 2 heterocycles. The van der Waals surface area contributed by atoms with Crippen LogP contribution in [-0.4, -0.2) is 69.5 Å². The van der Waals surface area contributed by atoms with Gasteiger partial charge in [-0.3, -0.25) is 4.98 Å². The van der Waals surface area contributed by atoms with Crippen LogP contribution in [0.2, 0.25) is 0 Å². The van der Waals surface area contributed by atoms with Crippen molar-refractivity contribution in [1.82, 2.24) is 18.9 Å². The van der Waals surface area contributed by atoms with Gasteiger partial charge < -0.3 is 9.32 Å². The van der Waals surface area contributed by atoms with E-state index in [1.807, 2.05) is 0 Å². The highest BCUT2D eigenvalue weighted by Crippen LogP contribution is 2.21. The van der Waals surface area contributed by atoms with E-state index in [-0.39, 0.29) is 10.9 Å². The van der Waals surface area contributed by atoms with E-state index in [4.69, 9.17) is 4.42 Å². The second-order valence-corrected chi connectivity index (χ2v) is 15.7. The minimum absolute atomic E-state index is 0.202. The predicted molar refractivity (Wildman–Crippen MR) is 158 cm³/mol. The molecule has 39 heavy (non-hydrogen) atoms. The Morgan fingerprint density at radius 2 is 1.72 bits per heavy atom. The molecule has 3 rings (SSSR count). The molecule has 0 aliphatic heterocycles. The largest absolute Gasteiger partial charge is 0.464 e. The van der Waals surface area contributed by atoms with Crippen molar-refractivity contribution in [3.63, 3.8) is 0 Å². The van der Waals surface area contributed by atoms with Gasteiger partial charge in [0.2, 0.25) is 20.0 Å². The molecule has 0 aliphatic rings. The van der Waals surface area contributed by atoms with Crippen molar-refractivity contribution >= 4 is 42.4 Å². The van der Waals surface area contributed by atoms with Gasteiger partial charge in [0.05, 0.1) is 22.9 Å². The summed E-state index contributed by atoms with van der Waals surface area (Å²) >= 11 is 1.43. The van der Waals surface area contributed by atoms with E-state index < -0.39 is 20.0 Å². The fraction of sp³-hybridized carbons (Fsp3) is 0.593. The van der Waals surface area contributed by atoms with Gasteiger partial charge in [-0.25, -0.2) is 21.6 Å². The number of unbranched alkanes of at least 4 members (excludes halogenated alkanes) is 1. The quantitative estimate of drug-likeness (QED) is 0.223. The van der Waals surface area contributed by atoms with Crippen LogP contribution in [0.4, 0.5) is 0 Å². The van der Waals surface area contributed by atoms with Crippen LogP contribution in [0.25, 0.3) is 11.0 Å². The third-order valence-electron chi connectivity index (χ3n) is 6.28. The first-order chi connectivity index (χ1) is 18.3. The highest BCUT2D eigenvalue weighted by Gasteiger charge is 2.24. The molecule has 3 aromatic rings. The third-order valence-corrected chi connectivity index (χ3v) is 9.81. The van der Waals surface area contributed by atoms with Crippen molar-refractivity contribution in [3.05, 3.63) is 47.1 Å². The summed E-state index contributed by atoms with van der Waals surface area (Å²) in [6.45, 7) is 11.6. The summed E-state index contributed by atoms with van der Waals surface area (Å²) in [6.07, 6.45) is 6.35. The fourth-order valence-electron chi connectivity index (χ4n) is 4.69. The lowest BCUT2D eigenvalue weighted by Crippen LogP contribution is -2.45. The third kappa shape index (κ3) is 10.3. The normalized spacial score (nSPS) is 13.9. The summed E-state index contributed by atoms with van der Waals surface area (Å²) < 4.78 is 61.4. The van der Waals surface area contributed by atoms with Crippen molar-refractivity contribution in [1.29, 1.82) is 0 Å². The van der Waals surface area contributed by atoms with E-state index in [0.29, 0.717) is 56.3 Å². The molecule has 0 saturated heterocycles. The van der Waals surface area contributed by atoms with E-state index in [1.54, 1.807) is 42.2 Å². The second kappa shape index (κ2) is 14.2. The van der Waals surface area contributed by atoms with Gasteiger partial charge in [-0.15, -0.1) is 11.3 Å². The molecular weight excluding hydrogens is 557 g/mol. The maximum atomic E-state index is 13.4. The SMILES string of the molecule is CC(C)CN(CC(C)C)C[C@H](CCCCN(Cc1cncs1)S(C)(=O)=O)NS(=O)(=O)c1ccc2occc2c1. The van der Waals surface area contributed by atoms with Crippen LogP contribution >= 0.6 is 11.3 Å². The Kier molecular flexibility index (Phi) is 11.5. The first-order valence-corrected chi connectivity index (χ1v) is 17.6. The van der Waals surface area contributed by atoms with Crippen LogP contribution in [0.15, 0.2) is 51.5 Å². The minimum Gasteiger partial charge on any atom is -0.464 e. The fourth-order valence-corrected chi connectivity index (χ4v) is 7.51. The molecule has 218 valence electrons. The molecule has 2 aromatic heterocycles. The Hall–Kier alpha value is -1.83. The van der Waals surface area contributed by atoms with Crippen molar-refractivity contribution in [2.75, 3.05) is 32.4 Å². The predicted octanol–water partition coefficient (Wildman–Crippen LogP) is 4.78. The van der Waals surface area contributed by atoms with E-state index >= 15 is 0 Å². The Bertz CT molecular complexity index is 1360. The topological polar surface area (TPSA) is 113 Å². The van der Waals surface area contributed by atoms with Crippen LogP contribution in [0.1, 0.15) is 51.8 Å². The van der Waals surface area contributed by atoms with Crippen LogP contribution in [0.3, 0.4) is 0 Å². The highest BCUT2D eigenvalue weighted by atomic mass is 32.2. The Labute approximate surface area is 237 Å². The average Bonchev–Trinajstić information content (AvgIpc) is 3.50. The van der Waals surface area contributed by atoms with Crippen molar-refractivity contribution in [3.8, 4) is 0 Å². The number of nitrogens with zero attached hydrogens (tertiary/aromatic N) is 3. The van der Waals surface area contributed by atoms with Crippen LogP contribution in [-0.2, 0) is 26.6 Å². The molecule has 1 aromatic carbocycles. The van der Waals surface area contributed by atoms with Crippen LogP contribution < -0.4 is 4.72 Å². The van der Waals surface area contributed by atoms with Gasteiger partial charge in [0.25, 0.3) is 0 Å². The number of aromatic nitrogens is 1. The van der Waals surface area contributed by atoms with Crippen molar-refractivity contribution in [2.45, 2.75) is 64.4 Å². The Balaban J connectivity index is 1.72. The zero-order valence-corrected chi connectivity index (χ0v) is 26.0. The number of hydrogen-bond acceptors (Lipinski definition) is 8. The molecule has 1 atom stereocenters. The summed E-state index contributed by atoms with van der Waals surface area (Å²) in [5.74, 6) is 0.888. The van der Waals surface area contributed by atoms with Gasteiger partial charge in [0, 0.05) is 55.2 Å². The molecule has 0 amide bonds. The van der Waals surface area contributed by atoms with Gasteiger partial charge in [0.1, 0.15) is 5.58 Å². The van der Waals surface area contributed by atoms with E-state index in [0.717, 1.165) is 23.4 Å². The van der Waals surface area contributed by atoms with Crippen molar-refractivity contribution in [2.24, 2.45) is 11.8 Å². The summed E-state index contributed by atoms with van der Waals surface area (Å²) in [5.41, 5.74) is 2.33. The average molecular weight is 599 g/mol. The molecule has 0 spiro atoms. The van der Waals surface area contributed by atoms with E-state index in [9.17, 15) is 16.8 Å². The maximum Gasteiger partial charge on any atom is 0.240 e. The lowest BCUT2D eigenvalue weighted by molar-refractivity contribution is 0.199. The summed E-state index contributed by atoms with van der Waals surface area (Å²) in [4.78, 5) is 7.46. The first-order valence-electron chi connectivity index (χ1n) is 13.4. The first kappa shape index (κ1) is 31.7. The number of sulfonamides is 2. The molecule has 1 N–H and O–H groups in total. The molecule has 9 nitrogen and oxygen atoms in total. The Morgan fingerprint density at radius 3 is 2.33 bits per heavy atom. The monoisotopic (exact) mass is 598 g/mol. The zero-order valence-electron chi connectivity index (χ0n) is 23.5. The number of fused-ring (bicyclic) bond motifs is 1. The van der Waals surface area contributed by atoms with Gasteiger partial charge in [-0.05, 0) is 48.9 Å². The molecule has 0 fully saturated rings. The van der Waals surface area contributed by atoms with Crippen molar-refractivity contribution < 1.29 is 21.3 Å². The minimum atomic E-state index is -3.77. The molecular formula is C27H42N4O5S3. The van der Waals surface area contributed by atoms with Gasteiger partial charge >= 0.3 is 0 Å². The highest BCUT2D eigenvalue weighted by molar-refractivity contribution is 7.89. The van der Waals surface area contributed by atoms with E-state index in [1.165, 1.54) is 21.9 Å². The van der Waals surface area contributed by atoms with Crippen LogP contribution in [0, 0.1) is 11.8 Å². The lowest BCUT2D eigenvalue weighted by Gasteiger charge is -2.31. The van der Waals surface area contributed by atoms with E-state index in [2.05, 4.69) is 42.3 Å².